The van der Waals surface area contributed by atoms with Gasteiger partial charge >= 0.3 is 0 Å². The molecule has 0 aromatic heterocycles. The van der Waals surface area contributed by atoms with Crippen molar-refractivity contribution in [2.45, 2.75) is 44.1 Å². The Morgan fingerprint density at radius 1 is 1.48 bits per heavy atom. The molecular weight excluding hydrogens is 310 g/mol. The van der Waals surface area contributed by atoms with Crippen LogP contribution >= 0.6 is 11.8 Å². The Labute approximate surface area is 132 Å². The van der Waals surface area contributed by atoms with Gasteiger partial charge in [0.25, 0.3) is 0 Å². The Kier molecular flexibility index (Phi) is 6.52. The fraction of sp³-hybridized carbons (Fsp3) is 0.923. The first-order valence-corrected chi connectivity index (χ1v) is 10.2. The van der Waals surface area contributed by atoms with Gasteiger partial charge in [0.1, 0.15) is 5.37 Å². The highest BCUT2D eigenvalue weighted by Crippen LogP contribution is 2.23. The van der Waals surface area contributed by atoms with Gasteiger partial charge in [-0.05, 0) is 20.8 Å². The van der Waals surface area contributed by atoms with E-state index < -0.39 is 15.2 Å². The summed E-state index contributed by atoms with van der Waals surface area (Å²) in [6, 6.07) is -0.243. The summed E-state index contributed by atoms with van der Waals surface area (Å²) in [5.74, 6) is 1.31. The summed E-state index contributed by atoms with van der Waals surface area (Å²) in [5, 5.41) is 2.35. The average Bonchev–Trinajstić information content (AvgIpc) is 2.32. The lowest BCUT2D eigenvalue weighted by atomic mass is 10.1. The molecule has 0 spiro atoms. The van der Waals surface area contributed by atoms with Crippen LogP contribution in [-0.2, 0) is 14.6 Å². The van der Waals surface area contributed by atoms with Crippen LogP contribution in [-0.4, -0.2) is 67.0 Å². The van der Waals surface area contributed by atoms with Crippen molar-refractivity contribution in [1.29, 1.82) is 0 Å². The van der Waals surface area contributed by atoms with Crippen LogP contribution in [0.1, 0.15) is 27.2 Å². The fourth-order valence-corrected chi connectivity index (χ4v) is 5.35. The molecule has 0 bridgehead atoms. The third kappa shape index (κ3) is 6.14. The second-order valence-corrected chi connectivity index (χ2v) is 9.84. The first kappa shape index (κ1) is 18.7. The molecule has 6 nitrogen and oxygen atoms in total. The van der Waals surface area contributed by atoms with Crippen molar-refractivity contribution < 1.29 is 13.2 Å². The number of thioether (sulfide) groups is 1. The van der Waals surface area contributed by atoms with Gasteiger partial charge in [-0.2, -0.15) is 11.8 Å². The number of hydrogen-bond donors (Lipinski definition) is 2. The van der Waals surface area contributed by atoms with Crippen LogP contribution in [0.25, 0.3) is 0 Å². The lowest BCUT2D eigenvalue weighted by Gasteiger charge is -2.39. The molecule has 2 atom stereocenters. The Hall–Kier alpha value is -0.310. The van der Waals surface area contributed by atoms with E-state index >= 15 is 0 Å². The van der Waals surface area contributed by atoms with E-state index in [-0.39, 0.29) is 30.5 Å². The first-order chi connectivity index (χ1) is 9.54. The highest BCUT2D eigenvalue weighted by Gasteiger charge is 2.35. The monoisotopic (exact) mass is 337 g/mol. The fourth-order valence-electron chi connectivity index (χ4n) is 2.40. The van der Waals surface area contributed by atoms with Crippen molar-refractivity contribution >= 4 is 27.5 Å². The predicted octanol–water partition coefficient (Wildman–Crippen LogP) is 0.0380. The van der Waals surface area contributed by atoms with Gasteiger partial charge < -0.3 is 11.1 Å². The molecule has 2 unspecified atom stereocenters. The van der Waals surface area contributed by atoms with E-state index in [1.807, 2.05) is 25.7 Å². The maximum atomic E-state index is 12.1. The number of carbonyl (C=O) groups excluding carboxylic acids is 1. The Balaban J connectivity index is 2.79. The van der Waals surface area contributed by atoms with Gasteiger partial charge in [-0.3, -0.25) is 9.69 Å². The van der Waals surface area contributed by atoms with Crippen LogP contribution in [0, 0.1) is 0 Å². The minimum atomic E-state index is -3.18. The zero-order chi connectivity index (χ0) is 16.3. The smallest absolute Gasteiger partial charge is 0.222 e. The summed E-state index contributed by atoms with van der Waals surface area (Å²) in [5.41, 5.74) is 5.50. The van der Waals surface area contributed by atoms with E-state index in [2.05, 4.69) is 5.32 Å². The number of rotatable bonds is 5. The molecule has 1 rings (SSSR count). The number of nitrogens with two attached hydrogens (primary N) is 1. The number of carbonyl (C=O) groups is 1. The second-order valence-electron chi connectivity index (χ2n) is 6.49. The largest absolute Gasteiger partial charge is 0.351 e. The second kappa shape index (κ2) is 7.30. The molecule has 8 heteroatoms. The molecule has 21 heavy (non-hydrogen) atoms. The highest BCUT2D eigenvalue weighted by atomic mass is 32.2. The van der Waals surface area contributed by atoms with Gasteiger partial charge in [0.2, 0.25) is 5.91 Å². The van der Waals surface area contributed by atoms with E-state index in [0.29, 0.717) is 12.3 Å². The minimum absolute atomic E-state index is 0.0940. The molecule has 1 aliphatic heterocycles. The summed E-state index contributed by atoms with van der Waals surface area (Å²) in [4.78, 5) is 14.0. The van der Waals surface area contributed by atoms with Crippen molar-refractivity contribution in [1.82, 2.24) is 10.2 Å². The van der Waals surface area contributed by atoms with E-state index in [1.165, 1.54) is 6.26 Å². The standard InChI is InChI=1S/C13H27N3O3S2/c1-13(2,3)15-11(17)7-10(8-14)16-5-6-20-9-12(16)21(4,18)19/h10,12H,5-9,14H2,1-4H3,(H,15,17). The molecule has 1 aliphatic rings. The number of hydrogen-bond acceptors (Lipinski definition) is 6. The topological polar surface area (TPSA) is 92.5 Å². The maximum Gasteiger partial charge on any atom is 0.222 e. The van der Waals surface area contributed by atoms with Crippen LogP contribution < -0.4 is 11.1 Å². The van der Waals surface area contributed by atoms with Crippen molar-refractivity contribution in [3.63, 3.8) is 0 Å². The van der Waals surface area contributed by atoms with Crippen molar-refractivity contribution in [2.24, 2.45) is 5.73 Å². The van der Waals surface area contributed by atoms with E-state index in [4.69, 9.17) is 5.73 Å². The number of sulfone groups is 1. The molecule has 0 aromatic carbocycles. The number of nitrogens with one attached hydrogen (secondary N) is 1. The molecule has 0 saturated carbocycles. The summed E-state index contributed by atoms with van der Waals surface area (Å²) < 4.78 is 23.9. The number of nitrogens with zero attached hydrogens (tertiary/aromatic N) is 1. The van der Waals surface area contributed by atoms with Crippen LogP contribution in [0.15, 0.2) is 0 Å². The van der Waals surface area contributed by atoms with Crippen molar-refractivity contribution in [2.75, 3.05) is 30.9 Å². The predicted molar refractivity (Wildman–Crippen MR) is 88.0 cm³/mol. The lowest BCUT2D eigenvalue weighted by Crippen LogP contribution is -2.55. The van der Waals surface area contributed by atoms with Gasteiger partial charge in [0.05, 0.1) is 0 Å². The van der Waals surface area contributed by atoms with Crippen LogP contribution in [0.2, 0.25) is 0 Å². The van der Waals surface area contributed by atoms with Crippen LogP contribution in [0.3, 0.4) is 0 Å². The Morgan fingerprint density at radius 2 is 2.10 bits per heavy atom. The quantitative estimate of drug-likeness (QED) is 0.736. The molecule has 1 saturated heterocycles. The van der Waals surface area contributed by atoms with Gasteiger partial charge in [-0.25, -0.2) is 8.42 Å². The summed E-state index contributed by atoms with van der Waals surface area (Å²) >= 11 is 1.63. The minimum Gasteiger partial charge on any atom is -0.351 e. The SMILES string of the molecule is CC(C)(C)NC(=O)CC(CN)N1CCSCC1S(C)(=O)=O. The Bertz CT molecular complexity index is 460. The number of amides is 1. The summed E-state index contributed by atoms with van der Waals surface area (Å²) in [6.07, 6.45) is 1.48. The average molecular weight is 338 g/mol. The third-order valence-electron chi connectivity index (χ3n) is 3.29. The van der Waals surface area contributed by atoms with Crippen LogP contribution in [0.5, 0.6) is 0 Å². The lowest BCUT2D eigenvalue weighted by molar-refractivity contribution is -0.123. The van der Waals surface area contributed by atoms with Gasteiger partial charge in [-0.15, -0.1) is 0 Å². The van der Waals surface area contributed by atoms with Gasteiger partial charge in [0, 0.05) is 48.9 Å². The van der Waals surface area contributed by atoms with E-state index in [1.54, 1.807) is 11.8 Å². The highest BCUT2D eigenvalue weighted by molar-refractivity contribution is 8.00. The maximum absolute atomic E-state index is 12.1. The molecular formula is C13H27N3O3S2. The van der Waals surface area contributed by atoms with Gasteiger partial charge in [0.15, 0.2) is 9.84 Å². The van der Waals surface area contributed by atoms with E-state index in [9.17, 15) is 13.2 Å². The van der Waals surface area contributed by atoms with E-state index in [0.717, 1.165) is 5.75 Å². The summed E-state index contributed by atoms with van der Waals surface area (Å²) in [6.45, 7) is 6.67. The third-order valence-corrected chi connectivity index (χ3v) is 5.95. The molecule has 1 amide bonds. The van der Waals surface area contributed by atoms with Crippen molar-refractivity contribution in [3.8, 4) is 0 Å². The molecule has 1 fully saturated rings. The molecule has 0 radical (unpaired) electrons. The zero-order valence-electron chi connectivity index (χ0n) is 13.3. The normalized spacial score (nSPS) is 22.8. The summed E-state index contributed by atoms with van der Waals surface area (Å²) in [7, 11) is -3.18. The van der Waals surface area contributed by atoms with Crippen molar-refractivity contribution in [3.05, 3.63) is 0 Å². The molecule has 1 heterocycles. The molecule has 0 aliphatic carbocycles. The zero-order valence-corrected chi connectivity index (χ0v) is 14.9. The molecule has 0 aromatic rings. The molecule has 3 N–H and O–H groups in total. The molecule has 124 valence electrons. The van der Waals surface area contributed by atoms with Crippen LogP contribution in [0.4, 0.5) is 0 Å². The van der Waals surface area contributed by atoms with Gasteiger partial charge in [-0.1, -0.05) is 0 Å². The first-order valence-electron chi connectivity index (χ1n) is 7.08. The Morgan fingerprint density at radius 3 is 2.57 bits per heavy atom.